The van der Waals surface area contributed by atoms with Crippen LogP contribution >= 0.6 is 0 Å². The maximum absolute atomic E-state index is 8.33. The van der Waals surface area contributed by atoms with Crippen molar-refractivity contribution in [1.29, 1.82) is 0 Å². The van der Waals surface area contributed by atoms with E-state index in [2.05, 4.69) is 0 Å². The van der Waals surface area contributed by atoms with Crippen LogP contribution in [0.25, 0.3) is 0 Å². The lowest BCUT2D eigenvalue weighted by molar-refractivity contribution is 1.27. The van der Waals surface area contributed by atoms with Crippen LogP contribution in [0, 0.1) is 13.8 Å². The standard InChI is InChI=1S/C20H19N/c1-16-8-12-19(13-9-16)21(18-6-4-3-5-7-18)20-14-10-17(2)11-15-20/h3-15H,1-2H3/i3D,4D,5D,6D,7D. The molecule has 3 aromatic rings. The maximum Gasteiger partial charge on any atom is 0.0645 e. The van der Waals surface area contributed by atoms with Crippen molar-refractivity contribution in [2.75, 3.05) is 4.90 Å². The molecule has 0 saturated heterocycles. The predicted molar refractivity (Wildman–Crippen MR) is 90.6 cm³/mol. The topological polar surface area (TPSA) is 3.24 Å². The van der Waals surface area contributed by atoms with Crippen molar-refractivity contribution in [3.05, 3.63) is 89.9 Å². The second-order valence-electron chi connectivity index (χ2n) is 4.98. The molecule has 0 aliphatic heterocycles. The predicted octanol–water partition coefficient (Wildman–Crippen LogP) is 5.77. The van der Waals surface area contributed by atoms with Gasteiger partial charge in [0.1, 0.15) is 0 Å². The molecule has 0 aliphatic rings. The van der Waals surface area contributed by atoms with Gasteiger partial charge in [-0.15, -0.1) is 0 Å². The Balaban J connectivity index is 2.32. The highest BCUT2D eigenvalue weighted by molar-refractivity contribution is 5.76. The van der Waals surface area contributed by atoms with Crippen LogP contribution in [-0.4, -0.2) is 0 Å². The molecule has 0 spiro atoms. The third-order valence-electron chi connectivity index (χ3n) is 3.29. The van der Waals surface area contributed by atoms with Gasteiger partial charge in [0.2, 0.25) is 0 Å². The molecular weight excluding hydrogens is 254 g/mol. The molecule has 0 bridgehead atoms. The molecule has 0 saturated carbocycles. The summed E-state index contributed by atoms with van der Waals surface area (Å²) in [4.78, 5) is 1.71. The van der Waals surface area contributed by atoms with Crippen molar-refractivity contribution >= 4 is 17.1 Å². The quantitative estimate of drug-likeness (QED) is 0.587. The van der Waals surface area contributed by atoms with E-state index in [1.165, 1.54) is 0 Å². The van der Waals surface area contributed by atoms with Crippen LogP contribution in [0.4, 0.5) is 17.1 Å². The fraction of sp³-hybridized carbons (Fsp3) is 0.100. The number of nitrogens with zero attached hydrogens (tertiary/aromatic N) is 1. The van der Waals surface area contributed by atoms with Gasteiger partial charge in [0.05, 0.1) is 6.85 Å². The number of hydrogen-bond acceptors (Lipinski definition) is 1. The lowest BCUT2D eigenvalue weighted by Crippen LogP contribution is -2.09. The molecule has 0 fully saturated rings. The molecule has 0 heterocycles. The Hall–Kier alpha value is -2.54. The summed E-state index contributed by atoms with van der Waals surface area (Å²) in [6.07, 6.45) is 0. The molecule has 1 nitrogen and oxygen atoms in total. The largest absolute Gasteiger partial charge is 0.311 e. The first kappa shape index (κ1) is 8.68. The second-order valence-corrected chi connectivity index (χ2v) is 4.98. The van der Waals surface area contributed by atoms with Crippen molar-refractivity contribution in [1.82, 2.24) is 0 Å². The van der Waals surface area contributed by atoms with Crippen LogP contribution in [-0.2, 0) is 0 Å². The van der Waals surface area contributed by atoms with E-state index < -0.39 is 6.04 Å². The van der Waals surface area contributed by atoms with Gasteiger partial charge in [-0.25, -0.2) is 0 Å². The van der Waals surface area contributed by atoms with Crippen molar-refractivity contribution in [2.24, 2.45) is 0 Å². The van der Waals surface area contributed by atoms with Crippen LogP contribution in [0.1, 0.15) is 18.0 Å². The van der Waals surface area contributed by atoms with Gasteiger partial charge in [-0.3, -0.25) is 0 Å². The number of aryl methyl sites for hydroxylation is 2. The Morgan fingerprint density at radius 3 is 1.48 bits per heavy atom. The smallest absolute Gasteiger partial charge is 0.0645 e. The highest BCUT2D eigenvalue weighted by Crippen LogP contribution is 2.34. The first-order valence-corrected chi connectivity index (χ1v) is 6.81. The molecule has 21 heavy (non-hydrogen) atoms. The van der Waals surface area contributed by atoms with Crippen LogP contribution in [0.5, 0.6) is 0 Å². The summed E-state index contributed by atoms with van der Waals surface area (Å²) in [5.74, 6) is 0. The van der Waals surface area contributed by atoms with Crippen molar-refractivity contribution in [2.45, 2.75) is 13.8 Å². The number of para-hydroxylation sites is 1. The minimum absolute atomic E-state index is 0.142. The zero-order valence-electron chi connectivity index (χ0n) is 17.1. The molecule has 104 valence electrons. The van der Waals surface area contributed by atoms with Gasteiger partial charge in [0.15, 0.2) is 0 Å². The van der Waals surface area contributed by atoms with E-state index in [1.807, 2.05) is 62.4 Å². The minimum atomic E-state index is -0.392. The number of hydrogen-bond donors (Lipinski definition) is 0. The Morgan fingerprint density at radius 1 is 0.619 bits per heavy atom. The van der Waals surface area contributed by atoms with Crippen LogP contribution in [0.3, 0.4) is 0 Å². The van der Waals surface area contributed by atoms with Crippen LogP contribution in [0.2, 0.25) is 0 Å². The van der Waals surface area contributed by atoms with Gasteiger partial charge >= 0.3 is 0 Å². The number of rotatable bonds is 3. The summed E-state index contributed by atoms with van der Waals surface area (Å²) in [6, 6.07) is 13.8. The van der Waals surface area contributed by atoms with E-state index in [0.717, 1.165) is 22.5 Å². The molecule has 0 radical (unpaired) electrons. The highest BCUT2D eigenvalue weighted by atomic mass is 15.1. The summed E-state index contributed by atoms with van der Waals surface area (Å²) in [5.41, 5.74) is 3.78. The molecule has 0 aromatic heterocycles. The third-order valence-corrected chi connectivity index (χ3v) is 3.29. The van der Waals surface area contributed by atoms with E-state index in [-0.39, 0.29) is 29.9 Å². The van der Waals surface area contributed by atoms with E-state index in [1.54, 1.807) is 4.90 Å². The summed E-state index contributed by atoms with van der Waals surface area (Å²) in [5, 5.41) is 0. The Kier molecular flexibility index (Phi) is 2.41. The summed E-state index contributed by atoms with van der Waals surface area (Å²) >= 11 is 0. The highest BCUT2D eigenvalue weighted by Gasteiger charge is 2.11. The molecule has 0 aliphatic carbocycles. The minimum Gasteiger partial charge on any atom is -0.311 e. The van der Waals surface area contributed by atoms with Crippen LogP contribution < -0.4 is 4.90 Å². The Morgan fingerprint density at radius 2 is 1.05 bits per heavy atom. The fourth-order valence-corrected chi connectivity index (χ4v) is 2.15. The Labute approximate surface area is 133 Å². The van der Waals surface area contributed by atoms with E-state index >= 15 is 0 Å². The van der Waals surface area contributed by atoms with Gasteiger partial charge < -0.3 is 4.90 Å². The molecule has 1 heteroatoms. The van der Waals surface area contributed by atoms with E-state index in [0.29, 0.717) is 0 Å². The second kappa shape index (κ2) is 5.84. The first-order valence-electron chi connectivity index (χ1n) is 9.31. The maximum atomic E-state index is 8.33. The molecule has 0 N–H and O–H groups in total. The zero-order chi connectivity index (χ0) is 19.0. The van der Waals surface area contributed by atoms with Gasteiger partial charge in [0.25, 0.3) is 0 Å². The zero-order valence-corrected chi connectivity index (χ0v) is 12.1. The number of anilines is 3. The molecular formula is C20H19N. The first-order chi connectivity index (χ1) is 12.3. The monoisotopic (exact) mass is 278 g/mol. The van der Waals surface area contributed by atoms with Gasteiger partial charge in [-0.05, 0) is 50.2 Å². The average Bonchev–Trinajstić information content (AvgIpc) is 2.64. The number of benzene rings is 3. The third kappa shape index (κ3) is 2.97. The van der Waals surface area contributed by atoms with Crippen LogP contribution in [0.15, 0.2) is 78.7 Å². The lowest BCUT2D eigenvalue weighted by Gasteiger charge is -2.25. The molecule has 3 rings (SSSR count). The fourth-order valence-electron chi connectivity index (χ4n) is 2.15. The lowest BCUT2D eigenvalue weighted by atomic mass is 10.1. The summed E-state index contributed by atoms with van der Waals surface area (Å²) < 4.78 is 40.5. The summed E-state index contributed by atoms with van der Waals surface area (Å²) in [6.45, 7) is 3.95. The van der Waals surface area contributed by atoms with Crippen molar-refractivity contribution in [3.8, 4) is 0 Å². The van der Waals surface area contributed by atoms with Gasteiger partial charge in [-0.2, -0.15) is 0 Å². The molecule has 0 amide bonds. The van der Waals surface area contributed by atoms with Crippen molar-refractivity contribution in [3.63, 3.8) is 0 Å². The van der Waals surface area contributed by atoms with E-state index in [9.17, 15) is 0 Å². The SMILES string of the molecule is [2H]c1c([2H])c([2H])c(N(c2ccc(C)cc2)c2ccc(C)cc2)c([2H])c1[2H]. The molecule has 3 aromatic carbocycles. The average molecular weight is 278 g/mol. The van der Waals surface area contributed by atoms with Gasteiger partial charge in [0, 0.05) is 17.1 Å². The van der Waals surface area contributed by atoms with Gasteiger partial charge in [-0.1, -0.05) is 53.5 Å². The summed E-state index contributed by atoms with van der Waals surface area (Å²) in [7, 11) is 0. The molecule has 0 atom stereocenters. The normalized spacial score (nSPS) is 13.7. The van der Waals surface area contributed by atoms with Crippen molar-refractivity contribution < 1.29 is 6.85 Å². The Bertz CT molecular complexity index is 875. The molecule has 0 unspecified atom stereocenters. The van der Waals surface area contributed by atoms with E-state index in [4.69, 9.17) is 6.85 Å².